The van der Waals surface area contributed by atoms with Crippen LogP contribution in [-0.2, 0) is 13.0 Å². The van der Waals surface area contributed by atoms with Gasteiger partial charge in [0, 0.05) is 30.7 Å². The lowest BCUT2D eigenvalue weighted by Gasteiger charge is -2.22. The van der Waals surface area contributed by atoms with Gasteiger partial charge in [-0.1, -0.05) is 24.3 Å². The van der Waals surface area contributed by atoms with Gasteiger partial charge in [0.05, 0.1) is 12.2 Å². The molecule has 0 fully saturated rings. The first-order valence-electron chi connectivity index (χ1n) is 9.78. The summed E-state index contributed by atoms with van der Waals surface area (Å²) in [5.74, 6) is 1.76. The molecule has 0 saturated heterocycles. The summed E-state index contributed by atoms with van der Waals surface area (Å²) in [4.78, 5) is 11.7. The summed E-state index contributed by atoms with van der Waals surface area (Å²) in [7, 11) is 0. The molecule has 0 unspecified atom stereocenters. The number of aliphatic imine (C=N–C) groups is 1. The molecule has 1 aliphatic heterocycles. The Morgan fingerprint density at radius 3 is 2.75 bits per heavy atom. The second-order valence-electron chi connectivity index (χ2n) is 7.06. The number of benzene rings is 1. The van der Waals surface area contributed by atoms with E-state index in [1.807, 2.05) is 30.8 Å². The van der Waals surface area contributed by atoms with E-state index in [0.29, 0.717) is 6.54 Å². The van der Waals surface area contributed by atoms with Crippen LogP contribution in [0, 0.1) is 13.8 Å². The van der Waals surface area contributed by atoms with Crippen molar-refractivity contribution in [2.75, 3.05) is 18.0 Å². The topological polar surface area (TPSA) is 58.3 Å². The number of fused-ring (bicyclic) bond motifs is 1. The molecule has 0 amide bonds. The van der Waals surface area contributed by atoms with Gasteiger partial charge in [-0.3, -0.25) is 0 Å². The highest BCUT2D eigenvalue weighted by Crippen LogP contribution is 2.27. The summed E-state index contributed by atoms with van der Waals surface area (Å²) in [6.07, 6.45) is 2.94. The molecule has 28 heavy (non-hydrogen) atoms. The van der Waals surface area contributed by atoms with Gasteiger partial charge in [-0.05, 0) is 56.5 Å². The minimum atomic E-state index is 0.589. The smallest absolute Gasteiger partial charge is 0.198 e. The first kappa shape index (κ1) is 18.2. The molecular formula is C22H26N6. The Morgan fingerprint density at radius 2 is 2.04 bits per heavy atom. The van der Waals surface area contributed by atoms with E-state index in [1.165, 1.54) is 11.3 Å². The van der Waals surface area contributed by atoms with Crippen LogP contribution in [0.3, 0.4) is 0 Å². The van der Waals surface area contributed by atoms with Crippen LogP contribution >= 0.6 is 0 Å². The molecule has 6 nitrogen and oxygen atoms in total. The van der Waals surface area contributed by atoms with Gasteiger partial charge in [-0.25, -0.2) is 14.7 Å². The van der Waals surface area contributed by atoms with Crippen LogP contribution in [0.25, 0.3) is 5.82 Å². The maximum absolute atomic E-state index is 4.86. The average Bonchev–Trinajstić information content (AvgIpc) is 3.28. The lowest BCUT2D eigenvalue weighted by Crippen LogP contribution is -2.40. The number of aromatic nitrogens is 3. The number of aryl methyl sites for hydroxylation is 2. The van der Waals surface area contributed by atoms with Gasteiger partial charge >= 0.3 is 0 Å². The predicted octanol–water partition coefficient (Wildman–Crippen LogP) is 3.41. The molecule has 6 heteroatoms. The first-order chi connectivity index (χ1) is 13.7. The molecule has 0 bridgehead atoms. The van der Waals surface area contributed by atoms with Crippen molar-refractivity contribution in [3.63, 3.8) is 0 Å². The highest BCUT2D eigenvalue weighted by atomic mass is 15.3. The van der Waals surface area contributed by atoms with Gasteiger partial charge in [-0.15, -0.1) is 0 Å². The number of rotatable bonds is 4. The third kappa shape index (κ3) is 3.63. The molecule has 3 aromatic rings. The number of guanidine groups is 1. The van der Waals surface area contributed by atoms with Crippen LogP contribution in [0.2, 0.25) is 0 Å². The molecule has 0 aliphatic carbocycles. The van der Waals surface area contributed by atoms with Crippen LogP contribution in [0.5, 0.6) is 0 Å². The Morgan fingerprint density at radius 1 is 1.18 bits per heavy atom. The quantitative estimate of drug-likeness (QED) is 0.562. The van der Waals surface area contributed by atoms with Crippen LogP contribution in [0.1, 0.15) is 29.4 Å². The van der Waals surface area contributed by atoms with Crippen molar-refractivity contribution >= 4 is 11.6 Å². The normalized spacial score (nSPS) is 13.7. The number of pyridine rings is 1. The molecule has 1 aliphatic rings. The van der Waals surface area contributed by atoms with Gasteiger partial charge in [0.1, 0.15) is 0 Å². The van der Waals surface area contributed by atoms with Gasteiger partial charge in [0.2, 0.25) is 0 Å². The lowest BCUT2D eigenvalue weighted by atomic mass is 10.2. The summed E-state index contributed by atoms with van der Waals surface area (Å²) in [5.41, 5.74) is 5.78. The number of para-hydroxylation sites is 1. The molecule has 2 aromatic heterocycles. The number of anilines is 1. The zero-order valence-electron chi connectivity index (χ0n) is 16.7. The van der Waals surface area contributed by atoms with Crippen LogP contribution < -0.4 is 10.2 Å². The van der Waals surface area contributed by atoms with Crippen molar-refractivity contribution in [2.24, 2.45) is 4.99 Å². The van der Waals surface area contributed by atoms with E-state index >= 15 is 0 Å². The molecule has 1 N–H and O–H groups in total. The molecular weight excluding hydrogens is 348 g/mol. The fourth-order valence-electron chi connectivity index (χ4n) is 3.62. The Bertz CT molecular complexity index is 987. The summed E-state index contributed by atoms with van der Waals surface area (Å²) in [6, 6.07) is 14.7. The standard InChI is InChI=1S/C22H26N6/c1-4-23-22(27-12-11-19-7-5-6-8-20(19)27)25-15-18-9-10-21(24-14-18)28-17(3)13-16(2)26-28/h5-10,13-14H,4,11-12,15H2,1-3H3,(H,23,25). The summed E-state index contributed by atoms with van der Waals surface area (Å²) < 4.78 is 1.87. The molecule has 0 radical (unpaired) electrons. The molecule has 1 aromatic carbocycles. The van der Waals surface area contributed by atoms with E-state index in [-0.39, 0.29) is 0 Å². The minimum absolute atomic E-state index is 0.589. The average molecular weight is 374 g/mol. The molecule has 0 spiro atoms. The van der Waals surface area contributed by atoms with E-state index in [1.54, 1.807) is 0 Å². The zero-order valence-corrected chi connectivity index (χ0v) is 16.7. The minimum Gasteiger partial charge on any atom is -0.356 e. The van der Waals surface area contributed by atoms with E-state index < -0.39 is 0 Å². The number of nitrogens with zero attached hydrogens (tertiary/aromatic N) is 5. The first-order valence-corrected chi connectivity index (χ1v) is 9.78. The van der Waals surface area contributed by atoms with E-state index in [0.717, 1.165) is 48.2 Å². The van der Waals surface area contributed by atoms with Crippen molar-refractivity contribution in [1.29, 1.82) is 0 Å². The highest BCUT2D eigenvalue weighted by Gasteiger charge is 2.22. The van der Waals surface area contributed by atoms with E-state index in [9.17, 15) is 0 Å². The Balaban J connectivity index is 1.52. The van der Waals surface area contributed by atoms with Crippen LogP contribution in [0.15, 0.2) is 53.7 Å². The van der Waals surface area contributed by atoms with Gasteiger partial charge < -0.3 is 10.2 Å². The fourth-order valence-corrected chi connectivity index (χ4v) is 3.62. The Hall–Kier alpha value is -3.15. The molecule has 144 valence electrons. The number of hydrogen-bond acceptors (Lipinski definition) is 3. The van der Waals surface area contributed by atoms with Crippen LogP contribution in [0.4, 0.5) is 5.69 Å². The third-order valence-electron chi connectivity index (χ3n) is 4.92. The molecule has 3 heterocycles. The number of nitrogens with one attached hydrogen (secondary N) is 1. The maximum Gasteiger partial charge on any atom is 0.198 e. The summed E-state index contributed by atoms with van der Waals surface area (Å²) in [5, 5.41) is 7.92. The number of hydrogen-bond donors (Lipinski definition) is 1. The maximum atomic E-state index is 4.86. The van der Waals surface area contributed by atoms with Crippen molar-refractivity contribution in [3.8, 4) is 5.82 Å². The highest BCUT2D eigenvalue weighted by molar-refractivity contribution is 5.97. The SMILES string of the molecule is CCNC(=NCc1ccc(-n2nc(C)cc2C)nc1)N1CCc2ccccc21. The molecule has 0 saturated carbocycles. The van der Waals surface area contributed by atoms with E-state index in [4.69, 9.17) is 4.99 Å². The monoisotopic (exact) mass is 374 g/mol. The zero-order chi connectivity index (χ0) is 19.5. The van der Waals surface area contributed by atoms with Crippen molar-refractivity contribution in [1.82, 2.24) is 20.1 Å². The molecule has 0 atom stereocenters. The summed E-state index contributed by atoms with van der Waals surface area (Å²) in [6.45, 7) is 8.52. The largest absolute Gasteiger partial charge is 0.356 e. The van der Waals surface area contributed by atoms with Crippen LogP contribution in [-0.4, -0.2) is 33.8 Å². The lowest BCUT2D eigenvalue weighted by molar-refractivity contribution is 0.802. The van der Waals surface area contributed by atoms with Gasteiger partial charge in [0.25, 0.3) is 0 Å². The van der Waals surface area contributed by atoms with E-state index in [2.05, 4.69) is 63.6 Å². The van der Waals surface area contributed by atoms with Gasteiger partial charge in [0.15, 0.2) is 11.8 Å². The third-order valence-corrected chi connectivity index (χ3v) is 4.92. The predicted molar refractivity (Wildman–Crippen MR) is 113 cm³/mol. The van der Waals surface area contributed by atoms with Gasteiger partial charge in [-0.2, -0.15) is 5.10 Å². The molecule has 4 rings (SSSR count). The summed E-state index contributed by atoms with van der Waals surface area (Å²) >= 11 is 0. The van der Waals surface area contributed by atoms with Crippen molar-refractivity contribution < 1.29 is 0 Å². The second-order valence-corrected chi connectivity index (χ2v) is 7.06. The Kier molecular flexibility index (Phi) is 5.10. The van der Waals surface area contributed by atoms with Crippen molar-refractivity contribution in [3.05, 3.63) is 71.2 Å². The Labute approximate surface area is 165 Å². The van der Waals surface area contributed by atoms with Crippen molar-refractivity contribution in [2.45, 2.75) is 33.7 Å². The fraction of sp³-hybridized carbons (Fsp3) is 0.318. The second kappa shape index (κ2) is 7.84.